The van der Waals surface area contributed by atoms with E-state index in [9.17, 15) is 4.79 Å². The van der Waals surface area contributed by atoms with Crippen molar-refractivity contribution < 1.29 is 9.53 Å². The summed E-state index contributed by atoms with van der Waals surface area (Å²) in [6.45, 7) is 6.49. The highest BCUT2D eigenvalue weighted by molar-refractivity contribution is 5.69. The first-order valence-electron chi connectivity index (χ1n) is 6.64. The van der Waals surface area contributed by atoms with Crippen LogP contribution in [0.15, 0.2) is 0 Å². The minimum absolute atomic E-state index is 0.144. The fraction of sp³-hybridized carbons (Fsp3) is 0.923. The first-order chi connectivity index (χ1) is 7.88. The fourth-order valence-electron chi connectivity index (χ4n) is 2.54. The molecule has 1 heterocycles. The predicted octanol–water partition coefficient (Wildman–Crippen LogP) is 2.12. The molecule has 1 aliphatic carbocycles. The van der Waals surface area contributed by atoms with Crippen LogP contribution in [-0.2, 0) is 4.74 Å². The van der Waals surface area contributed by atoms with E-state index in [4.69, 9.17) is 10.5 Å². The summed E-state index contributed by atoms with van der Waals surface area (Å²) in [5.41, 5.74) is 5.80. The van der Waals surface area contributed by atoms with E-state index in [1.54, 1.807) is 0 Å². The first kappa shape index (κ1) is 12.7. The summed E-state index contributed by atoms with van der Waals surface area (Å²) < 4.78 is 5.43. The standard InChI is InChI=1S/C13H24N2O2/c1-13(2,3)17-12(16)15-8-4-5-10(15)11(14)9-6-7-9/h9-11H,4-8,14H2,1-3H3. The largest absolute Gasteiger partial charge is 0.444 e. The van der Waals surface area contributed by atoms with Gasteiger partial charge < -0.3 is 15.4 Å². The molecule has 4 heteroatoms. The molecule has 1 aliphatic heterocycles. The van der Waals surface area contributed by atoms with Crippen LogP contribution in [0.25, 0.3) is 0 Å². The van der Waals surface area contributed by atoms with Crippen LogP contribution in [0.3, 0.4) is 0 Å². The Hall–Kier alpha value is -0.770. The summed E-state index contributed by atoms with van der Waals surface area (Å²) in [7, 11) is 0. The van der Waals surface area contributed by atoms with Crippen LogP contribution in [0, 0.1) is 5.92 Å². The van der Waals surface area contributed by atoms with Gasteiger partial charge >= 0.3 is 6.09 Å². The average Bonchev–Trinajstić information content (AvgIpc) is 2.91. The number of hydrogen-bond donors (Lipinski definition) is 1. The minimum Gasteiger partial charge on any atom is -0.444 e. The lowest BCUT2D eigenvalue weighted by molar-refractivity contribution is 0.0201. The summed E-state index contributed by atoms with van der Waals surface area (Å²) in [5.74, 6) is 0.628. The number of hydrogen-bond acceptors (Lipinski definition) is 3. The molecule has 2 rings (SSSR count). The average molecular weight is 240 g/mol. The Kier molecular flexibility index (Phi) is 3.34. The lowest BCUT2D eigenvalue weighted by Crippen LogP contribution is -2.49. The molecule has 1 amide bonds. The van der Waals surface area contributed by atoms with Crippen molar-refractivity contribution in [3.63, 3.8) is 0 Å². The molecular weight excluding hydrogens is 216 g/mol. The number of likely N-dealkylation sites (tertiary alicyclic amines) is 1. The van der Waals surface area contributed by atoms with Crippen molar-refractivity contribution >= 4 is 6.09 Å². The van der Waals surface area contributed by atoms with E-state index in [0.29, 0.717) is 5.92 Å². The number of carbonyl (C=O) groups excluding carboxylic acids is 1. The molecule has 1 saturated heterocycles. The quantitative estimate of drug-likeness (QED) is 0.804. The van der Waals surface area contributed by atoms with Crippen LogP contribution >= 0.6 is 0 Å². The van der Waals surface area contributed by atoms with Crippen molar-refractivity contribution in [1.82, 2.24) is 4.90 Å². The Morgan fingerprint density at radius 2 is 2.00 bits per heavy atom. The zero-order valence-electron chi connectivity index (χ0n) is 11.1. The maximum atomic E-state index is 12.1. The molecule has 0 spiro atoms. The Bertz CT molecular complexity index is 294. The van der Waals surface area contributed by atoms with Crippen LogP contribution < -0.4 is 5.73 Å². The molecule has 0 aromatic rings. The van der Waals surface area contributed by atoms with Gasteiger partial charge in [0.1, 0.15) is 5.60 Å². The normalized spacial score (nSPS) is 27.1. The third-order valence-corrected chi connectivity index (χ3v) is 3.54. The molecule has 0 radical (unpaired) electrons. The zero-order chi connectivity index (χ0) is 12.6. The van der Waals surface area contributed by atoms with Crippen LogP contribution in [-0.4, -0.2) is 35.2 Å². The van der Waals surface area contributed by atoms with Crippen LogP contribution in [0.1, 0.15) is 46.5 Å². The van der Waals surface area contributed by atoms with Crippen molar-refractivity contribution in [2.24, 2.45) is 11.7 Å². The van der Waals surface area contributed by atoms with Gasteiger partial charge in [0.25, 0.3) is 0 Å². The number of nitrogens with two attached hydrogens (primary N) is 1. The molecule has 2 atom stereocenters. The first-order valence-corrected chi connectivity index (χ1v) is 6.64. The Balaban J connectivity index is 1.96. The molecule has 2 aliphatic rings. The number of carbonyl (C=O) groups is 1. The highest BCUT2D eigenvalue weighted by Crippen LogP contribution is 2.36. The summed E-state index contributed by atoms with van der Waals surface area (Å²) in [5, 5.41) is 0. The molecule has 0 bridgehead atoms. The molecule has 1 saturated carbocycles. The molecule has 2 N–H and O–H groups in total. The number of nitrogens with zero attached hydrogens (tertiary/aromatic N) is 1. The number of amides is 1. The highest BCUT2D eigenvalue weighted by Gasteiger charge is 2.41. The minimum atomic E-state index is -0.423. The summed E-state index contributed by atoms with van der Waals surface area (Å²) in [6, 6.07) is 0.336. The molecule has 0 aromatic carbocycles. The van der Waals surface area contributed by atoms with E-state index < -0.39 is 5.60 Å². The summed E-state index contributed by atoms with van der Waals surface area (Å²) >= 11 is 0. The topological polar surface area (TPSA) is 55.6 Å². The molecule has 2 unspecified atom stereocenters. The predicted molar refractivity (Wildman–Crippen MR) is 66.7 cm³/mol. The summed E-state index contributed by atoms with van der Waals surface area (Å²) in [4.78, 5) is 13.9. The zero-order valence-corrected chi connectivity index (χ0v) is 11.1. The van der Waals surface area contributed by atoms with E-state index in [0.717, 1.165) is 19.4 Å². The van der Waals surface area contributed by atoms with Gasteiger partial charge in [-0.15, -0.1) is 0 Å². The van der Waals surface area contributed by atoms with Gasteiger partial charge in [0.15, 0.2) is 0 Å². The van der Waals surface area contributed by atoms with Gasteiger partial charge in [-0.25, -0.2) is 4.79 Å². The van der Waals surface area contributed by atoms with Crippen molar-refractivity contribution in [3.05, 3.63) is 0 Å². The van der Waals surface area contributed by atoms with Gasteiger partial charge in [-0.2, -0.15) is 0 Å². The van der Waals surface area contributed by atoms with Crippen molar-refractivity contribution in [1.29, 1.82) is 0 Å². The summed E-state index contributed by atoms with van der Waals surface area (Å²) in [6.07, 6.45) is 4.32. The number of rotatable bonds is 2. The van der Waals surface area contributed by atoms with E-state index in [2.05, 4.69) is 0 Å². The monoisotopic (exact) mass is 240 g/mol. The lowest BCUT2D eigenvalue weighted by Gasteiger charge is -2.31. The molecule has 0 aromatic heterocycles. The second kappa shape index (κ2) is 4.48. The maximum Gasteiger partial charge on any atom is 0.410 e. The molecule has 2 fully saturated rings. The third kappa shape index (κ3) is 3.12. The van der Waals surface area contributed by atoms with Crippen LogP contribution in [0.5, 0.6) is 0 Å². The van der Waals surface area contributed by atoms with Gasteiger partial charge in [-0.3, -0.25) is 0 Å². The Labute approximate surface area is 103 Å². The van der Waals surface area contributed by atoms with Gasteiger partial charge in [0.05, 0.1) is 6.04 Å². The Morgan fingerprint density at radius 1 is 1.35 bits per heavy atom. The third-order valence-electron chi connectivity index (χ3n) is 3.54. The fourth-order valence-corrected chi connectivity index (χ4v) is 2.54. The molecule has 17 heavy (non-hydrogen) atoms. The SMILES string of the molecule is CC(C)(C)OC(=O)N1CCCC1C(N)C1CC1. The maximum absolute atomic E-state index is 12.1. The molecule has 4 nitrogen and oxygen atoms in total. The van der Waals surface area contributed by atoms with Gasteiger partial charge in [-0.1, -0.05) is 0 Å². The smallest absolute Gasteiger partial charge is 0.410 e. The van der Waals surface area contributed by atoms with Crippen LogP contribution in [0.2, 0.25) is 0 Å². The lowest BCUT2D eigenvalue weighted by atomic mass is 10.0. The van der Waals surface area contributed by atoms with Crippen molar-refractivity contribution in [3.8, 4) is 0 Å². The van der Waals surface area contributed by atoms with E-state index in [-0.39, 0.29) is 18.2 Å². The number of ether oxygens (including phenoxy) is 1. The van der Waals surface area contributed by atoms with Gasteiger partial charge in [-0.05, 0) is 52.4 Å². The van der Waals surface area contributed by atoms with Gasteiger partial charge in [0, 0.05) is 12.6 Å². The molecular formula is C13H24N2O2. The second-order valence-corrected chi connectivity index (χ2v) is 6.30. The van der Waals surface area contributed by atoms with E-state index >= 15 is 0 Å². The van der Waals surface area contributed by atoms with E-state index in [1.165, 1.54) is 12.8 Å². The second-order valence-electron chi connectivity index (χ2n) is 6.30. The van der Waals surface area contributed by atoms with Gasteiger partial charge in [0.2, 0.25) is 0 Å². The van der Waals surface area contributed by atoms with E-state index in [1.807, 2.05) is 25.7 Å². The van der Waals surface area contributed by atoms with Crippen LogP contribution in [0.4, 0.5) is 4.79 Å². The highest BCUT2D eigenvalue weighted by atomic mass is 16.6. The van der Waals surface area contributed by atoms with Crippen molar-refractivity contribution in [2.75, 3.05) is 6.54 Å². The van der Waals surface area contributed by atoms with Crippen molar-refractivity contribution in [2.45, 2.75) is 64.1 Å². The molecule has 98 valence electrons. The Morgan fingerprint density at radius 3 is 2.53 bits per heavy atom.